The maximum atomic E-state index is 12.2. The molecule has 4 heteroatoms. The first-order chi connectivity index (χ1) is 12.1. The average molecular weight is 336 g/mol. The molecular weight excluding hydrogens is 312 g/mol. The smallest absolute Gasteiger partial charge is 0.227 e. The Hall–Kier alpha value is -2.62. The van der Waals surface area contributed by atoms with Crippen LogP contribution in [0.3, 0.4) is 0 Å². The number of carbonyl (C=O) groups excluding carboxylic acids is 2. The van der Waals surface area contributed by atoms with Gasteiger partial charge in [0.2, 0.25) is 11.8 Å². The lowest BCUT2D eigenvalue weighted by atomic mass is 9.85. The zero-order valence-electron chi connectivity index (χ0n) is 14.5. The molecule has 0 unspecified atom stereocenters. The molecule has 0 aromatic heterocycles. The highest BCUT2D eigenvalue weighted by molar-refractivity contribution is 5.93. The van der Waals surface area contributed by atoms with E-state index in [1.54, 1.807) is 0 Å². The zero-order chi connectivity index (χ0) is 17.6. The molecule has 0 atom stereocenters. The first kappa shape index (κ1) is 17.2. The Kier molecular flexibility index (Phi) is 5.49. The maximum absolute atomic E-state index is 12.2. The van der Waals surface area contributed by atoms with Crippen LogP contribution in [0, 0.1) is 12.8 Å². The van der Waals surface area contributed by atoms with Gasteiger partial charge in [-0.15, -0.1) is 0 Å². The van der Waals surface area contributed by atoms with E-state index in [2.05, 4.69) is 10.6 Å². The molecule has 4 nitrogen and oxygen atoms in total. The summed E-state index contributed by atoms with van der Waals surface area (Å²) in [6.07, 6.45) is 3.50. The van der Waals surface area contributed by atoms with Gasteiger partial charge in [0, 0.05) is 18.2 Å². The summed E-state index contributed by atoms with van der Waals surface area (Å²) >= 11 is 0. The molecular formula is C21H24N2O2. The van der Waals surface area contributed by atoms with Crippen LogP contribution in [0.5, 0.6) is 0 Å². The van der Waals surface area contributed by atoms with Crippen LogP contribution in [-0.4, -0.2) is 11.8 Å². The topological polar surface area (TPSA) is 58.2 Å². The van der Waals surface area contributed by atoms with Gasteiger partial charge in [0.15, 0.2) is 0 Å². The van der Waals surface area contributed by atoms with Crippen molar-refractivity contribution in [3.63, 3.8) is 0 Å². The van der Waals surface area contributed by atoms with Gasteiger partial charge in [-0.3, -0.25) is 9.59 Å². The summed E-state index contributed by atoms with van der Waals surface area (Å²) in [7, 11) is 0. The van der Waals surface area contributed by atoms with E-state index < -0.39 is 0 Å². The summed E-state index contributed by atoms with van der Waals surface area (Å²) in [5.74, 6) is 0.266. The highest BCUT2D eigenvalue weighted by atomic mass is 16.2. The van der Waals surface area contributed by atoms with Gasteiger partial charge in [0.1, 0.15) is 0 Å². The fraction of sp³-hybridized carbons (Fsp3) is 0.333. The third-order valence-electron chi connectivity index (χ3n) is 4.77. The summed E-state index contributed by atoms with van der Waals surface area (Å²) in [6.45, 7) is 2.47. The quantitative estimate of drug-likeness (QED) is 0.847. The molecule has 2 amide bonds. The molecule has 25 heavy (non-hydrogen) atoms. The number of carbonyl (C=O) groups is 2. The average Bonchev–Trinajstić information content (AvgIpc) is 2.54. The van der Waals surface area contributed by atoms with Crippen molar-refractivity contribution in [3.8, 4) is 0 Å². The zero-order valence-corrected chi connectivity index (χ0v) is 14.5. The van der Waals surface area contributed by atoms with E-state index in [1.807, 2.05) is 55.5 Å². The van der Waals surface area contributed by atoms with Crippen LogP contribution in [0.4, 0.5) is 5.69 Å². The molecule has 1 saturated carbocycles. The largest absolute Gasteiger partial charge is 0.352 e. The lowest BCUT2D eigenvalue weighted by molar-refractivity contribution is -0.122. The van der Waals surface area contributed by atoms with Crippen molar-refractivity contribution < 1.29 is 9.59 Å². The van der Waals surface area contributed by atoms with Gasteiger partial charge in [0.25, 0.3) is 0 Å². The second-order valence-corrected chi connectivity index (χ2v) is 6.70. The van der Waals surface area contributed by atoms with Crippen LogP contribution in [0.2, 0.25) is 0 Å². The lowest BCUT2D eigenvalue weighted by Crippen LogP contribution is -2.28. The Morgan fingerprint density at radius 3 is 2.60 bits per heavy atom. The van der Waals surface area contributed by atoms with E-state index in [0.29, 0.717) is 13.0 Å². The van der Waals surface area contributed by atoms with E-state index in [0.717, 1.165) is 41.6 Å². The SMILES string of the molecule is Cc1ccccc1CC(=O)NCc1cccc(NC(=O)C2CCC2)c1. The van der Waals surface area contributed by atoms with E-state index >= 15 is 0 Å². The maximum Gasteiger partial charge on any atom is 0.227 e. The molecule has 3 rings (SSSR count). The second kappa shape index (κ2) is 7.97. The molecule has 2 aromatic rings. The number of anilines is 1. The molecule has 2 N–H and O–H groups in total. The van der Waals surface area contributed by atoms with E-state index in [-0.39, 0.29) is 17.7 Å². The van der Waals surface area contributed by atoms with E-state index in [4.69, 9.17) is 0 Å². The Bertz CT molecular complexity index is 766. The number of amides is 2. The minimum absolute atomic E-state index is 0.00166. The summed E-state index contributed by atoms with van der Waals surface area (Å²) in [6, 6.07) is 15.6. The van der Waals surface area contributed by atoms with Crippen molar-refractivity contribution in [3.05, 3.63) is 65.2 Å². The highest BCUT2D eigenvalue weighted by Gasteiger charge is 2.25. The number of aryl methyl sites for hydroxylation is 1. The normalized spacial score (nSPS) is 13.8. The van der Waals surface area contributed by atoms with Crippen molar-refractivity contribution in [2.45, 2.75) is 39.2 Å². The lowest BCUT2D eigenvalue weighted by Gasteiger charge is -2.24. The first-order valence-electron chi connectivity index (χ1n) is 8.83. The molecule has 0 aliphatic heterocycles. The monoisotopic (exact) mass is 336 g/mol. The molecule has 0 bridgehead atoms. The molecule has 1 aliphatic carbocycles. The molecule has 1 aliphatic rings. The minimum Gasteiger partial charge on any atom is -0.352 e. The molecule has 2 aromatic carbocycles. The number of nitrogens with one attached hydrogen (secondary N) is 2. The second-order valence-electron chi connectivity index (χ2n) is 6.70. The summed E-state index contributed by atoms with van der Waals surface area (Å²) in [5.41, 5.74) is 3.94. The van der Waals surface area contributed by atoms with Crippen molar-refractivity contribution >= 4 is 17.5 Å². The van der Waals surface area contributed by atoms with Gasteiger partial charge in [0.05, 0.1) is 6.42 Å². The van der Waals surface area contributed by atoms with Gasteiger partial charge in [-0.1, -0.05) is 42.8 Å². The Morgan fingerprint density at radius 1 is 1.08 bits per heavy atom. The van der Waals surface area contributed by atoms with Crippen molar-refractivity contribution in [2.75, 3.05) is 5.32 Å². The van der Waals surface area contributed by atoms with Crippen molar-refractivity contribution in [1.82, 2.24) is 5.32 Å². The molecule has 1 fully saturated rings. The summed E-state index contributed by atoms with van der Waals surface area (Å²) < 4.78 is 0. The Labute approximate surface area is 148 Å². The predicted molar refractivity (Wildman–Crippen MR) is 99.1 cm³/mol. The van der Waals surface area contributed by atoms with E-state index in [9.17, 15) is 9.59 Å². The molecule has 0 spiro atoms. The standard InChI is InChI=1S/C21H24N2O2/c1-15-6-2-3-8-18(15)13-20(24)22-14-16-7-4-11-19(12-16)23-21(25)17-9-5-10-17/h2-4,6-8,11-12,17H,5,9-10,13-14H2,1H3,(H,22,24)(H,23,25). The van der Waals surface area contributed by atoms with Gasteiger partial charge in [-0.25, -0.2) is 0 Å². The first-order valence-corrected chi connectivity index (χ1v) is 8.83. The fourth-order valence-electron chi connectivity index (χ4n) is 2.92. The Balaban J connectivity index is 1.52. The van der Waals surface area contributed by atoms with Crippen LogP contribution in [0.15, 0.2) is 48.5 Å². The molecule has 0 saturated heterocycles. The van der Waals surface area contributed by atoms with Gasteiger partial charge < -0.3 is 10.6 Å². The fourth-order valence-corrected chi connectivity index (χ4v) is 2.92. The van der Waals surface area contributed by atoms with Crippen LogP contribution >= 0.6 is 0 Å². The predicted octanol–water partition coefficient (Wildman–Crippen LogP) is 3.59. The minimum atomic E-state index is -0.00166. The molecule has 0 radical (unpaired) electrons. The van der Waals surface area contributed by atoms with Crippen molar-refractivity contribution in [2.24, 2.45) is 5.92 Å². The number of hydrogen-bond acceptors (Lipinski definition) is 2. The van der Waals surface area contributed by atoms with Crippen LogP contribution < -0.4 is 10.6 Å². The summed E-state index contributed by atoms with van der Waals surface area (Å²) in [5, 5.41) is 5.92. The molecule has 0 heterocycles. The number of hydrogen-bond donors (Lipinski definition) is 2. The van der Waals surface area contributed by atoms with Gasteiger partial charge >= 0.3 is 0 Å². The van der Waals surface area contributed by atoms with Gasteiger partial charge in [-0.05, 0) is 48.6 Å². The number of rotatable bonds is 6. The third-order valence-corrected chi connectivity index (χ3v) is 4.77. The van der Waals surface area contributed by atoms with Crippen molar-refractivity contribution in [1.29, 1.82) is 0 Å². The van der Waals surface area contributed by atoms with Crippen LogP contribution in [0.25, 0.3) is 0 Å². The highest BCUT2D eigenvalue weighted by Crippen LogP contribution is 2.27. The van der Waals surface area contributed by atoms with Gasteiger partial charge in [-0.2, -0.15) is 0 Å². The van der Waals surface area contributed by atoms with Crippen LogP contribution in [0.1, 0.15) is 36.0 Å². The third kappa shape index (κ3) is 4.69. The Morgan fingerprint density at radius 2 is 1.88 bits per heavy atom. The molecule has 130 valence electrons. The summed E-state index contributed by atoms with van der Waals surface area (Å²) in [4.78, 5) is 24.2. The van der Waals surface area contributed by atoms with E-state index in [1.165, 1.54) is 0 Å². The van der Waals surface area contributed by atoms with Crippen LogP contribution in [-0.2, 0) is 22.6 Å². The number of benzene rings is 2.